The summed E-state index contributed by atoms with van der Waals surface area (Å²) in [6.07, 6.45) is 0. The lowest BCUT2D eigenvalue weighted by molar-refractivity contribution is 0.219. The van der Waals surface area contributed by atoms with Gasteiger partial charge < -0.3 is 10.5 Å². The van der Waals surface area contributed by atoms with Gasteiger partial charge >= 0.3 is 0 Å². The maximum Gasteiger partial charge on any atom is 0.119 e. The number of rotatable bonds is 9. The Morgan fingerprint density at radius 3 is 1.93 bits per heavy atom. The Hall–Kier alpha value is -2.59. The van der Waals surface area contributed by atoms with Gasteiger partial charge in [0.15, 0.2) is 0 Å². The average molecular weight is 407 g/mol. The molecule has 0 atom stereocenters. The summed E-state index contributed by atoms with van der Waals surface area (Å²) in [5.41, 5.74) is 9.83. The number of nitrogens with two attached hydrogens (primary N) is 1. The molecular formula is C25H27ClN2O. The van der Waals surface area contributed by atoms with E-state index >= 15 is 0 Å². The summed E-state index contributed by atoms with van der Waals surface area (Å²) in [6, 6.07) is 28.4. The molecule has 4 heteroatoms. The highest BCUT2D eigenvalue weighted by Gasteiger charge is 2.12. The summed E-state index contributed by atoms with van der Waals surface area (Å²) in [4.78, 5) is 2.13. The molecule has 3 nitrogen and oxygen atoms in total. The fourth-order valence-electron chi connectivity index (χ4n) is 3.14. The van der Waals surface area contributed by atoms with Gasteiger partial charge in [-0.05, 0) is 35.4 Å². The fraction of sp³-hybridized carbons (Fsp3) is 0.200. The molecule has 3 rings (SSSR count). The minimum absolute atomic E-state index is 0.544. The summed E-state index contributed by atoms with van der Waals surface area (Å²) >= 11 is 6.86. The van der Waals surface area contributed by atoms with Gasteiger partial charge in [-0.25, -0.2) is 0 Å². The Labute approximate surface area is 178 Å². The number of benzene rings is 3. The molecule has 29 heavy (non-hydrogen) atoms. The minimum Gasteiger partial charge on any atom is -0.492 e. The van der Waals surface area contributed by atoms with Crippen molar-refractivity contribution in [1.82, 2.24) is 4.90 Å². The van der Waals surface area contributed by atoms with Crippen LogP contribution >= 0.6 is 11.6 Å². The van der Waals surface area contributed by atoms with Crippen LogP contribution in [0.25, 0.3) is 10.6 Å². The monoisotopic (exact) mass is 406 g/mol. The van der Waals surface area contributed by atoms with Crippen LogP contribution in [0.1, 0.15) is 23.6 Å². The zero-order chi connectivity index (χ0) is 20.5. The molecule has 0 bridgehead atoms. The van der Waals surface area contributed by atoms with Crippen LogP contribution in [-0.2, 0) is 0 Å². The zero-order valence-electron chi connectivity index (χ0n) is 16.7. The number of hydrogen-bond donors (Lipinski definition) is 1. The average Bonchev–Trinajstić information content (AvgIpc) is 2.79. The second-order valence-corrected chi connectivity index (χ2v) is 7.07. The second-order valence-electron chi connectivity index (χ2n) is 6.69. The van der Waals surface area contributed by atoms with E-state index in [4.69, 9.17) is 22.1 Å². The lowest BCUT2D eigenvalue weighted by Crippen LogP contribution is -2.33. The standard InChI is InChI=1S/C25H27ClN2O/c1-2-28(19-27)17-18-29-23-15-13-21(14-16-23)24(20-9-5-3-6-10-20)25(26)22-11-7-4-8-12-22/h3-16H,2,17-19,27H2,1H3/b25-24+. The summed E-state index contributed by atoms with van der Waals surface area (Å²) in [5, 5.41) is 0.729. The Bertz CT molecular complexity index is 905. The number of ether oxygens (including phenoxy) is 1. The molecule has 0 unspecified atom stereocenters. The van der Waals surface area contributed by atoms with Crippen molar-refractivity contribution in [2.45, 2.75) is 6.92 Å². The molecule has 0 saturated heterocycles. The zero-order valence-corrected chi connectivity index (χ0v) is 17.5. The highest BCUT2D eigenvalue weighted by molar-refractivity contribution is 6.53. The van der Waals surface area contributed by atoms with Gasteiger partial charge in [-0.3, -0.25) is 4.90 Å². The van der Waals surface area contributed by atoms with E-state index in [0.717, 1.165) is 46.1 Å². The lowest BCUT2D eigenvalue weighted by Gasteiger charge is -2.18. The van der Waals surface area contributed by atoms with Crippen molar-refractivity contribution in [3.63, 3.8) is 0 Å². The molecule has 0 aliphatic rings. The van der Waals surface area contributed by atoms with E-state index in [1.807, 2.05) is 60.7 Å². The van der Waals surface area contributed by atoms with Crippen molar-refractivity contribution in [2.75, 3.05) is 26.4 Å². The summed E-state index contributed by atoms with van der Waals surface area (Å²) in [7, 11) is 0. The molecule has 3 aromatic carbocycles. The normalized spacial score (nSPS) is 12.0. The Kier molecular flexibility index (Phi) is 7.88. The van der Waals surface area contributed by atoms with Crippen molar-refractivity contribution < 1.29 is 4.74 Å². The molecule has 0 aliphatic carbocycles. The smallest absolute Gasteiger partial charge is 0.119 e. The van der Waals surface area contributed by atoms with Crippen LogP contribution in [0.2, 0.25) is 0 Å². The van der Waals surface area contributed by atoms with E-state index in [2.05, 4.69) is 36.1 Å². The molecular weight excluding hydrogens is 380 g/mol. The molecule has 0 aromatic heterocycles. The van der Waals surface area contributed by atoms with Crippen LogP contribution < -0.4 is 10.5 Å². The van der Waals surface area contributed by atoms with Crippen LogP contribution in [0.4, 0.5) is 0 Å². The maximum absolute atomic E-state index is 6.86. The van der Waals surface area contributed by atoms with Crippen LogP contribution in [0, 0.1) is 0 Å². The third kappa shape index (κ3) is 5.70. The topological polar surface area (TPSA) is 38.5 Å². The highest BCUT2D eigenvalue weighted by Crippen LogP contribution is 2.35. The lowest BCUT2D eigenvalue weighted by atomic mass is 9.95. The van der Waals surface area contributed by atoms with Crippen molar-refractivity contribution in [1.29, 1.82) is 0 Å². The summed E-state index contributed by atoms with van der Waals surface area (Å²) in [5.74, 6) is 0.838. The predicted molar refractivity (Wildman–Crippen MR) is 123 cm³/mol. The molecule has 0 fully saturated rings. The van der Waals surface area contributed by atoms with Gasteiger partial charge in [-0.15, -0.1) is 0 Å². The van der Waals surface area contributed by atoms with Crippen molar-refractivity contribution >= 4 is 22.2 Å². The van der Waals surface area contributed by atoms with Gasteiger partial charge in [0.05, 0.1) is 5.03 Å². The van der Waals surface area contributed by atoms with Gasteiger partial charge in [0.25, 0.3) is 0 Å². The van der Waals surface area contributed by atoms with Gasteiger partial charge in [0.2, 0.25) is 0 Å². The first-order valence-electron chi connectivity index (χ1n) is 9.89. The van der Waals surface area contributed by atoms with Gasteiger partial charge in [-0.1, -0.05) is 91.3 Å². The molecule has 150 valence electrons. The van der Waals surface area contributed by atoms with E-state index in [1.165, 1.54) is 0 Å². The van der Waals surface area contributed by atoms with Crippen molar-refractivity contribution in [3.8, 4) is 5.75 Å². The highest BCUT2D eigenvalue weighted by atomic mass is 35.5. The van der Waals surface area contributed by atoms with Crippen LogP contribution in [0.3, 0.4) is 0 Å². The largest absolute Gasteiger partial charge is 0.492 e. The molecule has 0 spiro atoms. The predicted octanol–water partition coefficient (Wildman–Crippen LogP) is 5.46. The van der Waals surface area contributed by atoms with Gasteiger partial charge in [0.1, 0.15) is 12.4 Å². The maximum atomic E-state index is 6.86. The SMILES string of the molecule is CCN(CN)CCOc1ccc(/C(=C(/Cl)c2ccccc2)c2ccccc2)cc1. The molecule has 0 saturated carbocycles. The van der Waals surface area contributed by atoms with Gasteiger partial charge in [0, 0.05) is 18.8 Å². The molecule has 0 aliphatic heterocycles. The number of likely N-dealkylation sites (N-methyl/N-ethyl adjacent to an activating group) is 1. The van der Waals surface area contributed by atoms with Gasteiger partial charge in [-0.2, -0.15) is 0 Å². The number of hydrogen-bond acceptors (Lipinski definition) is 3. The van der Waals surface area contributed by atoms with Crippen molar-refractivity contribution in [3.05, 3.63) is 102 Å². The van der Waals surface area contributed by atoms with Crippen molar-refractivity contribution in [2.24, 2.45) is 5.73 Å². The van der Waals surface area contributed by atoms with E-state index < -0.39 is 0 Å². The summed E-state index contributed by atoms with van der Waals surface area (Å²) in [6.45, 7) is 4.97. The van der Waals surface area contributed by atoms with E-state index in [9.17, 15) is 0 Å². The quantitative estimate of drug-likeness (QED) is 0.379. The first kappa shape index (κ1) is 21.1. The van der Waals surface area contributed by atoms with Crippen LogP contribution in [0.5, 0.6) is 5.75 Å². The first-order valence-corrected chi connectivity index (χ1v) is 10.3. The Morgan fingerprint density at radius 2 is 1.38 bits per heavy atom. The molecule has 2 N–H and O–H groups in total. The van der Waals surface area contributed by atoms with Crippen LogP contribution in [-0.4, -0.2) is 31.3 Å². The van der Waals surface area contributed by atoms with Crippen LogP contribution in [0.15, 0.2) is 84.9 Å². The minimum atomic E-state index is 0.544. The number of halogens is 1. The summed E-state index contributed by atoms with van der Waals surface area (Å²) < 4.78 is 5.88. The Balaban J connectivity index is 1.86. The first-order chi connectivity index (χ1) is 14.2. The molecule has 0 radical (unpaired) electrons. The van der Waals surface area contributed by atoms with E-state index in [1.54, 1.807) is 0 Å². The fourth-order valence-corrected chi connectivity index (χ4v) is 3.49. The third-order valence-electron chi connectivity index (χ3n) is 4.83. The van der Waals surface area contributed by atoms with E-state index in [0.29, 0.717) is 13.3 Å². The molecule has 0 heterocycles. The number of nitrogens with zero attached hydrogens (tertiary/aromatic N) is 1. The second kappa shape index (κ2) is 10.8. The molecule has 0 amide bonds. The molecule has 3 aromatic rings. The Morgan fingerprint density at radius 1 is 0.828 bits per heavy atom. The van der Waals surface area contributed by atoms with E-state index in [-0.39, 0.29) is 0 Å². The third-order valence-corrected chi connectivity index (χ3v) is 5.24.